The molecule has 0 spiro atoms. The lowest BCUT2D eigenvalue weighted by Gasteiger charge is -2.32. The maximum absolute atomic E-state index is 12.8. The number of carbonyl (C=O) groups is 1. The van der Waals surface area contributed by atoms with Crippen molar-refractivity contribution in [1.29, 1.82) is 0 Å². The van der Waals surface area contributed by atoms with Gasteiger partial charge in [-0.05, 0) is 36.1 Å². The van der Waals surface area contributed by atoms with Gasteiger partial charge >= 0.3 is 0 Å². The minimum Gasteiger partial charge on any atom is -0.328 e. The predicted molar refractivity (Wildman–Crippen MR) is 113 cm³/mol. The van der Waals surface area contributed by atoms with E-state index in [-0.39, 0.29) is 10.8 Å². The van der Waals surface area contributed by atoms with Gasteiger partial charge in [0.05, 0.1) is 31.1 Å². The number of nitrogens with zero attached hydrogens (tertiary/aromatic N) is 1. The molecule has 0 saturated carbocycles. The molecule has 3 rings (SSSR count). The molecule has 1 heterocycles. The van der Waals surface area contributed by atoms with E-state index in [4.69, 9.17) is 5.14 Å². The third-order valence-electron chi connectivity index (χ3n) is 5.60. The minimum absolute atomic E-state index is 0.0115. The number of nitrogens with one attached hydrogen (secondary N) is 1. The topological polar surface area (TPSA) is 84.9 Å². The van der Waals surface area contributed by atoms with Crippen LogP contribution < -0.4 is 10.0 Å². The maximum atomic E-state index is 12.8. The monoisotopic (exact) mass is 416 g/mol. The number of aryl methyl sites for hydroxylation is 1. The van der Waals surface area contributed by atoms with Gasteiger partial charge in [-0.1, -0.05) is 44.2 Å². The number of sulfonamides is 1. The number of carbonyl (C=O) groups excluding carboxylic acids is 1. The molecule has 0 bridgehead atoms. The summed E-state index contributed by atoms with van der Waals surface area (Å²) in [6.07, 6.45) is 0. The zero-order valence-corrected chi connectivity index (χ0v) is 18.1. The van der Waals surface area contributed by atoms with E-state index in [2.05, 4.69) is 38.1 Å². The highest BCUT2D eigenvalue weighted by Crippen LogP contribution is 2.17. The quantitative estimate of drug-likeness (QED) is 0.771. The molecule has 0 atom stereocenters. The van der Waals surface area contributed by atoms with Crippen LogP contribution in [0.1, 0.15) is 46.8 Å². The SMILES string of the molecule is Cc1ccc(C(=O)N2CC[NH+](Cc3ccc(C(C)C)cc3)CC2)cc1S(N)(=O)=O. The average molecular weight is 417 g/mol. The normalized spacial score (nSPS) is 15.7. The molecule has 156 valence electrons. The van der Waals surface area contributed by atoms with Crippen molar-refractivity contribution >= 4 is 15.9 Å². The third kappa shape index (κ3) is 5.23. The summed E-state index contributed by atoms with van der Waals surface area (Å²) in [6, 6.07) is 13.5. The first-order chi connectivity index (χ1) is 13.6. The van der Waals surface area contributed by atoms with E-state index >= 15 is 0 Å². The number of hydrogen-bond donors (Lipinski definition) is 2. The highest BCUT2D eigenvalue weighted by molar-refractivity contribution is 7.89. The molecule has 0 unspecified atom stereocenters. The molecule has 1 aliphatic heterocycles. The summed E-state index contributed by atoms with van der Waals surface area (Å²) < 4.78 is 23.5. The summed E-state index contributed by atoms with van der Waals surface area (Å²) in [5, 5.41) is 5.27. The fraction of sp³-hybridized carbons (Fsp3) is 0.409. The molecule has 1 amide bonds. The van der Waals surface area contributed by atoms with Crippen molar-refractivity contribution in [2.24, 2.45) is 5.14 Å². The van der Waals surface area contributed by atoms with Crippen LogP contribution in [-0.4, -0.2) is 45.4 Å². The standard InChI is InChI=1S/C22H29N3O3S/c1-16(2)19-8-5-18(6-9-19)15-24-10-12-25(13-11-24)22(26)20-7-4-17(3)21(14-20)29(23,27)28/h4-9,14,16H,10-13,15H2,1-3H3,(H2,23,27,28)/p+1. The lowest BCUT2D eigenvalue weighted by atomic mass is 10.0. The number of primary sulfonamides is 1. The first-order valence-corrected chi connectivity index (χ1v) is 11.5. The van der Waals surface area contributed by atoms with Crippen LogP contribution in [0.25, 0.3) is 0 Å². The van der Waals surface area contributed by atoms with E-state index in [9.17, 15) is 13.2 Å². The number of quaternary nitrogens is 1. The van der Waals surface area contributed by atoms with Gasteiger partial charge in [0.15, 0.2) is 0 Å². The van der Waals surface area contributed by atoms with Crippen molar-refractivity contribution in [3.8, 4) is 0 Å². The van der Waals surface area contributed by atoms with Crippen LogP contribution in [-0.2, 0) is 16.6 Å². The zero-order valence-electron chi connectivity index (χ0n) is 17.3. The second-order valence-corrected chi connectivity index (χ2v) is 9.67. The Morgan fingerprint density at radius 2 is 1.72 bits per heavy atom. The van der Waals surface area contributed by atoms with Crippen LogP contribution >= 0.6 is 0 Å². The number of piperazine rings is 1. The number of nitrogens with two attached hydrogens (primary N) is 1. The molecule has 1 saturated heterocycles. The molecular weight excluding hydrogens is 386 g/mol. The average Bonchev–Trinajstić information content (AvgIpc) is 2.68. The van der Waals surface area contributed by atoms with Gasteiger partial charge in [0.25, 0.3) is 5.91 Å². The van der Waals surface area contributed by atoms with E-state index in [0.29, 0.717) is 30.1 Å². The molecule has 0 aromatic heterocycles. The Morgan fingerprint density at radius 3 is 2.28 bits per heavy atom. The lowest BCUT2D eigenvalue weighted by Crippen LogP contribution is -3.13. The van der Waals surface area contributed by atoms with Crippen LogP contribution in [0, 0.1) is 6.92 Å². The second-order valence-electron chi connectivity index (χ2n) is 8.14. The third-order valence-corrected chi connectivity index (χ3v) is 6.65. The molecule has 3 N–H and O–H groups in total. The summed E-state index contributed by atoms with van der Waals surface area (Å²) in [5.74, 6) is 0.387. The van der Waals surface area contributed by atoms with Gasteiger partial charge in [0.2, 0.25) is 10.0 Å². The van der Waals surface area contributed by atoms with Crippen LogP contribution in [0.5, 0.6) is 0 Å². The van der Waals surface area contributed by atoms with Crippen LogP contribution in [0.3, 0.4) is 0 Å². The molecule has 1 aliphatic rings. The van der Waals surface area contributed by atoms with Crippen molar-refractivity contribution in [2.75, 3.05) is 26.2 Å². The molecular formula is C22H30N3O3S+. The van der Waals surface area contributed by atoms with Crippen molar-refractivity contribution in [2.45, 2.75) is 38.1 Å². The van der Waals surface area contributed by atoms with Gasteiger partial charge < -0.3 is 9.80 Å². The lowest BCUT2D eigenvalue weighted by molar-refractivity contribution is -0.917. The van der Waals surface area contributed by atoms with E-state index in [1.807, 2.05) is 0 Å². The van der Waals surface area contributed by atoms with Gasteiger partial charge in [-0.25, -0.2) is 13.6 Å². The van der Waals surface area contributed by atoms with Crippen molar-refractivity contribution in [3.05, 3.63) is 64.7 Å². The first kappa shape index (κ1) is 21.5. The highest BCUT2D eigenvalue weighted by atomic mass is 32.2. The molecule has 2 aromatic carbocycles. The minimum atomic E-state index is -3.85. The van der Waals surface area contributed by atoms with Gasteiger partial charge in [-0.15, -0.1) is 0 Å². The Labute approximate surface area is 173 Å². The Balaban J connectivity index is 1.61. The molecule has 29 heavy (non-hydrogen) atoms. The smallest absolute Gasteiger partial charge is 0.254 e. The van der Waals surface area contributed by atoms with Crippen LogP contribution in [0.2, 0.25) is 0 Å². The Hall–Kier alpha value is -2.22. The van der Waals surface area contributed by atoms with Crippen LogP contribution in [0.15, 0.2) is 47.4 Å². The molecule has 0 aliphatic carbocycles. The fourth-order valence-corrected chi connectivity index (χ4v) is 4.54. The molecule has 6 nitrogen and oxygen atoms in total. The number of hydrogen-bond acceptors (Lipinski definition) is 3. The van der Waals surface area contributed by atoms with Crippen molar-refractivity contribution in [3.63, 3.8) is 0 Å². The summed E-state index contributed by atoms with van der Waals surface area (Å²) in [6.45, 7) is 10.0. The summed E-state index contributed by atoms with van der Waals surface area (Å²) >= 11 is 0. The molecule has 2 aromatic rings. The Kier molecular flexibility index (Phi) is 6.41. The first-order valence-electron chi connectivity index (χ1n) is 10.0. The molecule has 7 heteroatoms. The summed E-state index contributed by atoms with van der Waals surface area (Å²) in [5.41, 5.74) is 3.56. The highest BCUT2D eigenvalue weighted by Gasteiger charge is 2.25. The van der Waals surface area contributed by atoms with E-state index < -0.39 is 10.0 Å². The summed E-state index contributed by atoms with van der Waals surface area (Å²) in [7, 11) is -3.85. The van der Waals surface area contributed by atoms with E-state index in [1.165, 1.54) is 22.1 Å². The number of benzene rings is 2. The molecule has 0 radical (unpaired) electrons. The maximum Gasteiger partial charge on any atom is 0.254 e. The van der Waals surface area contributed by atoms with Crippen LogP contribution in [0.4, 0.5) is 0 Å². The molecule has 1 fully saturated rings. The summed E-state index contributed by atoms with van der Waals surface area (Å²) in [4.78, 5) is 16.1. The fourth-order valence-electron chi connectivity index (χ4n) is 3.73. The van der Waals surface area contributed by atoms with E-state index in [0.717, 1.165) is 19.6 Å². The Bertz CT molecular complexity index is 977. The van der Waals surface area contributed by atoms with Crippen molar-refractivity contribution in [1.82, 2.24) is 4.90 Å². The van der Waals surface area contributed by atoms with Gasteiger partial charge in [0, 0.05) is 11.1 Å². The second kappa shape index (κ2) is 8.65. The largest absolute Gasteiger partial charge is 0.328 e. The van der Waals surface area contributed by atoms with Gasteiger partial charge in [0.1, 0.15) is 6.54 Å². The number of amides is 1. The van der Waals surface area contributed by atoms with Gasteiger partial charge in [-0.3, -0.25) is 4.79 Å². The number of rotatable bonds is 5. The van der Waals surface area contributed by atoms with E-state index in [1.54, 1.807) is 24.0 Å². The van der Waals surface area contributed by atoms with Crippen molar-refractivity contribution < 1.29 is 18.1 Å². The Morgan fingerprint density at radius 1 is 1.10 bits per heavy atom. The van der Waals surface area contributed by atoms with Gasteiger partial charge in [-0.2, -0.15) is 0 Å². The predicted octanol–water partition coefficient (Wildman–Crippen LogP) is 1.31. The zero-order chi connectivity index (χ0) is 21.2.